The number of nitrogens with zero attached hydrogens (tertiary/aromatic N) is 1. The molecule has 11 heteroatoms. The van der Waals surface area contributed by atoms with E-state index in [0.29, 0.717) is 45.7 Å². The van der Waals surface area contributed by atoms with Crippen molar-refractivity contribution in [2.24, 2.45) is 11.0 Å². The summed E-state index contributed by atoms with van der Waals surface area (Å²) in [5.74, 6) is 0.00565. The number of thiophene rings is 1. The highest BCUT2D eigenvalue weighted by Crippen LogP contribution is 2.40. The van der Waals surface area contributed by atoms with Crippen LogP contribution in [0.3, 0.4) is 0 Å². The molecule has 0 spiro atoms. The van der Waals surface area contributed by atoms with Crippen molar-refractivity contribution in [2.45, 2.75) is 53.1 Å². The standard InChI is InChI=1S/C31H35N3O7S/c1-5-39-25-16-20(8-14-24(25)35)17-32-34-28(36)19(4)41-22-11-9-21(10-12-22)29(37)33-30-27(31(38)40-6-2)23-13-7-18(3)15-26(23)42-30/h8-12,14,16-19,35H,5-7,13,15H2,1-4H3,(H,33,37)(H,34,36)/b32-17+. The van der Waals surface area contributed by atoms with E-state index in [-0.39, 0.29) is 18.3 Å². The lowest BCUT2D eigenvalue weighted by Gasteiger charge is -2.18. The summed E-state index contributed by atoms with van der Waals surface area (Å²) in [5.41, 5.74) is 4.86. The number of nitrogens with one attached hydrogen (secondary N) is 2. The molecule has 4 rings (SSSR count). The summed E-state index contributed by atoms with van der Waals surface area (Å²) in [6, 6.07) is 11.1. The van der Waals surface area contributed by atoms with Crippen LogP contribution >= 0.6 is 11.3 Å². The molecular formula is C31H35N3O7S. The maximum absolute atomic E-state index is 13.1. The molecule has 2 amide bonds. The molecule has 0 aliphatic heterocycles. The Bertz CT molecular complexity index is 1470. The zero-order chi connectivity index (χ0) is 30.2. The molecule has 3 N–H and O–H groups in total. The quantitative estimate of drug-likeness (QED) is 0.155. The summed E-state index contributed by atoms with van der Waals surface area (Å²) >= 11 is 1.44. The Hall–Kier alpha value is -4.38. The summed E-state index contributed by atoms with van der Waals surface area (Å²) in [5, 5.41) is 17.2. The van der Waals surface area contributed by atoms with E-state index in [2.05, 4.69) is 22.8 Å². The molecule has 0 saturated heterocycles. The van der Waals surface area contributed by atoms with Gasteiger partial charge >= 0.3 is 5.97 Å². The summed E-state index contributed by atoms with van der Waals surface area (Å²) in [6.45, 7) is 7.99. The second-order valence-corrected chi connectivity index (χ2v) is 11.0. The van der Waals surface area contributed by atoms with Crippen LogP contribution in [0.15, 0.2) is 47.6 Å². The van der Waals surface area contributed by atoms with Crippen molar-refractivity contribution in [3.05, 3.63) is 69.6 Å². The van der Waals surface area contributed by atoms with Gasteiger partial charge in [-0.3, -0.25) is 9.59 Å². The minimum absolute atomic E-state index is 0.0184. The lowest BCUT2D eigenvalue weighted by molar-refractivity contribution is -0.127. The first-order valence-electron chi connectivity index (χ1n) is 13.9. The Balaban J connectivity index is 1.36. The van der Waals surface area contributed by atoms with Gasteiger partial charge < -0.3 is 24.6 Å². The minimum atomic E-state index is -0.868. The van der Waals surface area contributed by atoms with Crippen LogP contribution in [-0.2, 0) is 22.4 Å². The van der Waals surface area contributed by atoms with Crippen LogP contribution in [-0.4, -0.2) is 48.4 Å². The third kappa shape index (κ3) is 7.47. The van der Waals surface area contributed by atoms with Crippen LogP contribution in [0.1, 0.15) is 70.8 Å². The molecule has 2 atom stereocenters. The largest absolute Gasteiger partial charge is 0.504 e. The third-order valence-electron chi connectivity index (χ3n) is 6.69. The van der Waals surface area contributed by atoms with Gasteiger partial charge in [0.2, 0.25) is 0 Å². The molecule has 1 aliphatic rings. The molecule has 1 heterocycles. The highest BCUT2D eigenvalue weighted by Gasteiger charge is 2.29. The number of esters is 1. The van der Waals surface area contributed by atoms with Gasteiger partial charge in [0.25, 0.3) is 11.8 Å². The van der Waals surface area contributed by atoms with Gasteiger partial charge in [0.15, 0.2) is 17.6 Å². The number of carbonyl (C=O) groups is 3. The smallest absolute Gasteiger partial charge is 0.341 e. The highest BCUT2D eigenvalue weighted by molar-refractivity contribution is 7.17. The normalized spacial score (nSPS) is 15.0. The zero-order valence-electron chi connectivity index (χ0n) is 24.1. The molecule has 42 heavy (non-hydrogen) atoms. The molecule has 0 fully saturated rings. The molecule has 1 aliphatic carbocycles. The van der Waals surface area contributed by atoms with E-state index < -0.39 is 18.0 Å². The van der Waals surface area contributed by atoms with Crippen molar-refractivity contribution >= 4 is 40.3 Å². The van der Waals surface area contributed by atoms with Gasteiger partial charge in [-0.1, -0.05) is 6.92 Å². The van der Waals surface area contributed by atoms with Crippen molar-refractivity contribution in [1.29, 1.82) is 0 Å². The van der Waals surface area contributed by atoms with Crippen LogP contribution in [0.25, 0.3) is 0 Å². The van der Waals surface area contributed by atoms with Crippen molar-refractivity contribution in [2.75, 3.05) is 18.5 Å². The van der Waals surface area contributed by atoms with E-state index in [9.17, 15) is 19.5 Å². The van der Waals surface area contributed by atoms with E-state index in [1.165, 1.54) is 23.6 Å². The Labute approximate surface area is 248 Å². The molecule has 1 aromatic heterocycles. The van der Waals surface area contributed by atoms with E-state index in [4.69, 9.17) is 14.2 Å². The SMILES string of the molecule is CCOC(=O)c1c(NC(=O)c2ccc(OC(C)C(=O)N/N=C/c3ccc(O)c(OCC)c3)cc2)sc2c1CCC(C)C2. The highest BCUT2D eigenvalue weighted by atomic mass is 32.1. The van der Waals surface area contributed by atoms with Gasteiger partial charge in [-0.2, -0.15) is 5.10 Å². The Morgan fingerprint density at radius 3 is 2.62 bits per heavy atom. The fourth-order valence-electron chi connectivity index (χ4n) is 4.52. The number of hydrazone groups is 1. The second-order valence-electron chi connectivity index (χ2n) is 9.91. The van der Waals surface area contributed by atoms with Gasteiger partial charge in [-0.15, -0.1) is 11.3 Å². The number of anilines is 1. The second kappa shape index (κ2) is 14.0. The fraction of sp³-hybridized carbons (Fsp3) is 0.355. The number of hydrogen-bond acceptors (Lipinski definition) is 9. The third-order valence-corrected chi connectivity index (χ3v) is 7.86. The van der Waals surface area contributed by atoms with E-state index >= 15 is 0 Å². The first-order valence-corrected chi connectivity index (χ1v) is 14.7. The predicted octanol–water partition coefficient (Wildman–Crippen LogP) is 5.32. The van der Waals surface area contributed by atoms with Crippen molar-refractivity contribution in [3.8, 4) is 17.2 Å². The molecule has 0 bridgehead atoms. The molecule has 2 unspecified atom stereocenters. The lowest BCUT2D eigenvalue weighted by atomic mass is 9.88. The molecule has 0 radical (unpaired) electrons. The van der Waals surface area contributed by atoms with Gasteiger partial charge in [-0.25, -0.2) is 10.2 Å². The van der Waals surface area contributed by atoms with Crippen LogP contribution in [0.5, 0.6) is 17.2 Å². The fourth-order valence-corrected chi connectivity index (χ4v) is 5.91. The van der Waals surface area contributed by atoms with Crippen LogP contribution in [0, 0.1) is 5.92 Å². The molecule has 2 aromatic carbocycles. The van der Waals surface area contributed by atoms with Crippen LogP contribution in [0.4, 0.5) is 5.00 Å². The maximum Gasteiger partial charge on any atom is 0.341 e. The van der Waals surface area contributed by atoms with E-state index in [1.807, 2.05) is 6.92 Å². The van der Waals surface area contributed by atoms with E-state index in [0.717, 1.165) is 29.7 Å². The van der Waals surface area contributed by atoms with Crippen molar-refractivity contribution < 1.29 is 33.7 Å². The van der Waals surface area contributed by atoms with Crippen molar-refractivity contribution in [1.82, 2.24) is 5.43 Å². The Kier molecular flexibility index (Phi) is 10.2. The van der Waals surface area contributed by atoms with Crippen LogP contribution in [0.2, 0.25) is 0 Å². The summed E-state index contributed by atoms with van der Waals surface area (Å²) in [6.07, 6.45) is 3.20. The number of phenols is 1. The number of rotatable bonds is 11. The molecule has 222 valence electrons. The number of hydrogen-bond donors (Lipinski definition) is 3. The molecule has 10 nitrogen and oxygen atoms in total. The number of ether oxygens (including phenoxy) is 3. The monoisotopic (exact) mass is 593 g/mol. The minimum Gasteiger partial charge on any atom is -0.504 e. The van der Waals surface area contributed by atoms with Gasteiger partial charge in [0, 0.05) is 10.4 Å². The average Bonchev–Trinajstić information content (AvgIpc) is 3.32. The number of phenolic OH excluding ortho intramolecular Hbond substituents is 1. The molecule has 3 aromatic rings. The van der Waals surface area contributed by atoms with Gasteiger partial charge in [0.05, 0.1) is 25.0 Å². The van der Waals surface area contributed by atoms with Crippen molar-refractivity contribution in [3.63, 3.8) is 0 Å². The Morgan fingerprint density at radius 1 is 1.14 bits per heavy atom. The number of fused-ring (bicyclic) bond motifs is 1. The topological polar surface area (TPSA) is 136 Å². The summed E-state index contributed by atoms with van der Waals surface area (Å²) in [4.78, 5) is 39.4. The maximum atomic E-state index is 13.1. The molecular weight excluding hydrogens is 558 g/mol. The zero-order valence-corrected chi connectivity index (χ0v) is 24.9. The predicted molar refractivity (Wildman–Crippen MR) is 161 cm³/mol. The summed E-state index contributed by atoms with van der Waals surface area (Å²) in [7, 11) is 0. The lowest BCUT2D eigenvalue weighted by Crippen LogP contribution is -2.33. The van der Waals surface area contributed by atoms with Gasteiger partial charge in [0.1, 0.15) is 10.8 Å². The van der Waals surface area contributed by atoms with E-state index in [1.54, 1.807) is 50.2 Å². The number of carbonyl (C=O) groups excluding carboxylic acids is 3. The van der Waals surface area contributed by atoms with Gasteiger partial charge in [-0.05, 0) is 99.5 Å². The number of benzene rings is 2. The number of amides is 2. The molecule has 0 saturated carbocycles. The first-order chi connectivity index (χ1) is 20.2. The Morgan fingerprint density at radius 2 is 1.90 bits per heavy atom. The average molecular weight is 594 g/mol. The first kappa shape index (κ1) is 30.6. The summed E-state index contributed by atoms with van der Waals surface area (Å²) < 4.78 is 16.3. The van der Waals surface area contributed by atoms with Crippen LogP contribution < -0.4 is 20.2 Å². The number of aromatic hydroxyl groups is 1.